The summed E-state index contributed by atoms with van der Waals surface area (Å²) in [6.45, 7) is 4.67. The van der Waals surface area contributed by atoms with Gasteiger partial charge in [-0.05, 0) is 48.7 Å². The van der Waals surface area contributed by atoms with Crippen molar-refractivity contribution in [3.63, 3.8) is 0 Å². The van der Waals surface area contributed by atoms with E-state index in [0.29, 0.717) is 17.9 Å². The third-order valence-corrected chi connectivity index (χ3v) is 5.91. The SMILES string of the molecule is CCCC(CS)CN1CC2CC3CC2C1C3O. The van der Waals surface area contributed by atoms with Crippen molar-refractivity contribution in [1.29, 1.82) is 0 Å². The van der Waals surface area contributed by atoms with Crippen LogP contribution in [0.1, 0.15) is 32.6 Å². The minimum absolute atomic E-state index is 0.0269. The zero-order valence-electron chi connectivity index (χ0n) is 10.8. The maximum absolute atomic E-state index is 10.3. The summed E-state index contributed by atoms with van der Waals surface area (Å²) in [5.41, 5.74) is 0. The largest absolute Gasteiger partial charge is 0.391 e. The molecule has 0 spiro atoms. The lowest BCUT2D eigenvalue weighted by atomic mass is 9.88. The second-order valence-corrected chi connectivity index (χ2v) is 6.79. The first-order valence-electron chi connectivity index (χ1n) is 7.27. The van der Waals surface area contributed by atoms with Gasteiger partial charge in [0.2, 0.25) is 0 Å². The molecule has 3 fully saturated rings. The van der Waals surface area contributed by atoms with E-state index in [2.05, 4.69) is 24.5 Å². The first kappa shape index (κ1) is 12.3. The number of hydrogen-bond donors (Lipinski definition) is 2. The second kappa shape index (κ2) is 4.75. The van der Waals surface area contributed by atoms with Crippen molar-refractivity contribution < 1.29 is 5.11 Å². The third kappa shape index (κ3) is 1.95. The Hall–Kier alpha value is 0.270. The Bertz CT molecular complexity index is 283. The second-order valence-electron chi connectivity index (χ2n) is 6.43. The summed E-state index contributed by atoms with van der Waals surface area (Å²) >= 11 is 4.49. The van der Waals surface area contributed by atoms with Crippen molar-refractivity contribution >= 4 is 12.6 Å². The average molecular weight is 255 g/mol. The van der Waals surface area contributed by atoms with Crippen molar-refractivity contribution in [1.82, 2.24) is 4.90 Å². The predicted octanol–water partition coefficient (Wildman–Crippen LogP) is 2.03. The quantitative estimate of drug-likeness (QED) is 0.734. The normalized spacial score (nSPS) is 45.7. The van der Waals surface area contributed by atoms with E-state index < -0.39 is 0 Å². The van der Waals surface area contributed by atoms with Crippen molar-refractivity contribution in [2.75, 3.05) is 18.8 Å². The highest BCUT2D eigenvalue weighted by molar-refractivity contribution is 7.80. The zero-order valence-corrected chi connectivity index (χ0v) is 11.6. The van der Waals surface area contributed by atoms with Gasteiger partial charge in [-0.3, -0.25) is 4.90 Å². The molecule has 1 N–H and O–H groups in total. The summed E-state index contributed by atoms with van der Waals surface area (Å²) < 4.78 is 0. The summed E-state index contributed by atoms with van der Waals surface area (Å²) in [4.78, 5) is 2.60. The van der Waals surface area contributed by atoms with Gasteiger partial charge in [0.1, 0.15) is 0 Å². The molecule has 0 radical (unpaired) electrons. The fourth-order valence-electron chi connectivity index (χ4n) is 4.73. The van der Waals surface area contributed by atoms with Crippen LogP contribution >= 0.6 is 12.6 Å². The minimum Gasteiger partial charge on any atom is -0.391 e. The molecule has 0 amide bonds. The number of aliphatic hydroxyl groups is 1. The van der Waals surface area contributed by atoms with Crippen LogP contribution in [0.15, 0.2) is 0 Å². The summed E-state index contributed by atoms with van der Waals surface area (Å²) in [6, 6.07) is 0.498. The fourth-order valence-corrected chi connectivity index (χ4v) is 5.03. The number of likely N-dealkylation sites (tertiary alicyclic amines) is 1. The molecule has 3 rings (SSSR count). The Morgan fingerprint density at radius 1 is 1.35 bits per heavy atom. The lowest BCUT2D eigenvalue weighted by Crippen LogP contribution is -2.42. The van der Waals surface area contributed by atoms with Gasteiger partial charge in [-0.15, -0.1) is 0 Å². The first-order chi connectivity index (χ1) is 8.24. The Labute approximate surface area is 110 Å². The molecule has 0 aromatic heterocycles. The molecule has 1 heterocycles. The van der Waals surface area contributed by atoms with Crippen molar-refractivity contribution in [3.05, 3.63) is 0 Å². The molecular formula is C14H25NOS. The van der Waals surface area contributed by atoms with Crippen LogP contribution in [-0.2, 0) is 0 Å². The van der Waals surface area contributed by atoms with E-state index >= 15 is 0 Å². The Kier molecular flexibility index (Phi) is 3.44. The summed E-state index contributed by atoms with van der Waals surface area (Å²) in [5, 5.41) is 10.3. The Balaban J connectivity index is 1.65. The molecule has 17 heavy (non-hydrogen) atoms. The van der Waals surface area contributed by atoms with Crippen molar-refractivity contribution in [3.8, 4) is 0 Å². The highest BCUT2D eigenvalue weighted by Gasteiger charge is 2.58. The number of aliphatic hydroxyl groups excluding tert-OH is 1. The predicted molar refractivity (Wildman–Crippen MR) is 73.3 cm³/mol. The van der Waals surface area contributed by atoms with E-state index in [4.69, 9.17) is 0 Å². The van der Waals surface area contributed by atoms with Crippen LogP contribution in [0, 0.1) is 23.7 Å². The van der Waals surface area contributed by atoms with E-state index in [0.717, 1.165) is 17.6 Å². The summed E-state index contributed by atoms with van der Waals surface area (Å²) in [6.07, 6.45) is 5.09. The van der Waals surface area contributed by atoms with Gasteiger partial charge in [-0.1, -0.05) is 13.3 Å². The standard InChI is InChI=1S/C14H25NOS/c1-2-3-9(8-17)6-15-7-11-4-10-5-12(11)13(15)14(10)16/h9-14,16-17H,2-8H2,1H3. The van der Waals surface area contributed by atoms with Gasteiger partial charge in [-0.25, -0.2) is 0 Å². The van der Waals surface area contributed by atoms with Crippen LogP contribution in [0.25, 0.3) is 0 Å². The van der Waals surface area contributed by atoms with E-state index in [1.807, 2.05) is 0 Å². The van der Waals surface area contributed by atoms with Crippen LogP contribution in [0.3, 0.4) is 0 Å². The number of thiol groups is 1. The molecule has 6 atom stereocenters. The highest BCUT2D eigenvalue weighted by Crippen LogP contribution is 2.54. The van der Waals surface area contributed by atoms with E-state index in [1.165, 1.54) is 38.8 Å². The van der Waals surface area contributed by atoms with E-state index in [1.54, 1.807) is 0 Å². The molecule has 6 unspecified atom stereocenters. The summed E-state index contributed by atoms with van der Waals surface area (Å²) in [5.74, 6) is 4.05. The maximum Gasteiger partial charge on any atom is 0.0726 e. The molecule has 3 heteroatoms. The van der Waals surface area contributed by atoms with Gasteiger partial charge in [0.25, 0.3) is 0 Å². The van der Waals surface area contributed by atoms with Gasteiger partial charge in [0.05, 0.1) is 6.10 Å². The van der Waals surface area contributed by atoms with Crippen LogP contribution < -0.4 is 0 Å². The lowest BCUT2D eigenvalue weighted by molar-refractivity contribution is 0.0462. The molecule has 2 bridgehead atoms. The Morgan fingerprint density at radius 3 is 2.82 bits per heavy atom. The monoisotopic (exact) mass is 255 g/mol. The lowest BCUT2D eigenvalue weighted by Gasteiger charge is -2.31. The molecule has 0 aromatic carbocycles. The van der Waals surface area contributed by atoms with Gasteiger partial charge in [0.15, 0.2) is 0 Å². The molecular weight excluding hydrogens is 230 g/mol. The van der Waals surface area contributed by atoms with Crippen LogP contribution in [-0.4, -0.2) is 41.0 Å². The molecule has 3 aliphatic rings. The van der Waals surface area contributed by atoms with E-state index in [9.17, 15) is 5.11 Å². The van der Waals surface area contributed by atoms with E-state index in [-0.39, 0.29) is 6.10 Å². The number of fused-ring (bicyclic) bond motifs is 1. The van der Waals surface area contributed by atoms with Crippen LogP contribution in [0.4, 0.5) is 0 Å². The number of nitrogens with zero attached hydrogens (tertiary/aromatic N) is 1. The smallest absolute Gasteiger partial charge is 0.0726 e. The third-order valence-electron chi connectivity index (χ3n) is 5.40. The van der Waals surface area contributed by atoms with Crippen LogP contribution in [0.5, 0.6) is 0 Å². The molecule has 2 aliphatic carbocycles. The van der Waals surface area contributed by atoms with Gasteiger partial charge in [0, 0.05) is 19.1 Å². The fraction of sp³-hybridized carbons (Fsp3) is 1.00. The van der Waals surface area contributed by atoms with Crippen molar-refractivity contribution in [2.24, 2.45) is 23.7 Å². The topological polar surface area (TPSA) is 23.5 Å². The highest BCUT2D eigenvalue weighted by atomic mass is 32.1. The molecule has 1 saturated heterocycles. The van der Waals surface area contributed by atoms with Gasteiger partial charge >= 0.3 is 0 Å². The summed E-state index contributed by atoms with van der Waals surface area (Å²) in [7, 11) is 0. The number of hydrogen-bond acceptors (Lipinski definition) is 3. The zero-order chi connectivity index (χ0) is 12.0. The molecule has 98 valence electrons. The van der Waals surface area contributed by atoms with Gasteiger partial charge < -0.3 is 5.11 Å². The molecule has 1 aliphatic heterocycles. The Morgan fingerprint density at radius 2 is 2.18 bits per heavy atom. The maximum atomic E-state index is 10.3. The van der Waals surface area contributed by atoms with Crippen molar-refractivity contribution in [2.45, 2.75) is 44.8 Å². The average Bonchev–Trinajstić information content (AvgIpc) is 2.90. The molecule has 2 nitrogen and oxygen atoms in total. The first-order valence-corrected chi connectivity index (χ1v) is 7.90. The molecule has 2 saturated carbocycles. The minimum atomic E-state index is -0.0269. The van der Waals surface area contributed by atoms with Crippen LogP contribution in [0.2, 0.25) is 0 Å². The number of rotatable bonds is 5. The molecule has 0 aromatic rings. The van der Waals surface area contributed by atoms with Gasteiger partial charge in [-0.2, -0.15) is 12.6 Å².